The maximum atomic E-state index is 13.6. The summed E-state index contributed by atoms with van der Waals surface area (Å²) in [5.41, 5.74) is 5.75. The molecule has 4 aromatic rings. The van der Waals surface area contributed by atoms with Crippen LogP contribution in [0.15, 0.2) is 110 Å². The van der Waals surface area contributed by atoms with E-state index in [9.17, 15) is 18.0 Å². The van der Waals surface area contributed by atoms with Gasteiger partial charge in [-0.2, -0.15) is 13.2 Å². The average Bonchev–Trinajstić information content (AvgIpc) is 3.26. The van der Waals surface area contributed by atoms with Crippen molar-refractivity contribution in [3.8, 4) is 11.1 Å². The summed E-state index contributed by atoms with van der Waals surface area (Å²) in [5, 5.41) is 8.87. The van der Waals surface area contributed by atoms with E-state index in [0.29, 0.717) is 19.5 Å². The molecule has 204 valence electrons. The van der Waals surface area contributed by atoms with Gasteiger partial charge in [0.2, 0.25) is 5.91 Å². The van der Waals surface area contributed by atoms with Gasteiger partial charge >= 0.3 is 6.18 Å². The molecule has 0 saturated heterocycles. The topological polar surface area (TPSA) is 53.2 Å². The second-order valence-corrected chi connectivity index (χ2v) is 9.89. The van der Waals surface area contributed by atoms with Crippen molar-refractivity contribution in [2.75, 3.05) is 18.4 Å². The summed E-state index contributed by atoms with van der Waals surface area (Å²) < 4.78 is 39.2. The highest BCUT2D eigenvalue weighted by Crippen LogP contribution is 2.50. The Labute approximate surface area is 231 Å². The van der Waals surface area contributed by atoms with Gasteiger partial charge in [-0.25, -0.2) is 0 Å². The molecule has 4 nitrogen and oxygen atoms in total. The van der Waals surface area contributed by atoms with Gasteiger partial charge in [0.25, 0.3) is 0 Å². The fourth-order valence-corrected chi connectivity index (χ4v) is 5.38. The van der Waals surface area contributed by atoms with Gasteiger partial charge in [-0.1, -0.05) is 97.6 Å². The molecule has 0 bridgehead atoms. The van der Waals surface area contributed by atoms with Gasteiger partial charge in [0.15, 0.2) is 0 Å². The van der Waals surface area contributed by atoms with Gasteiger partial charge in [-0.15, -0.1) is 0 Å². The Morgan fingerprint density at radius 2 is 1.35 bits per heavy atom. The number of carbonyl (C=O) groups is 1. The van der Waals surface area contributed by atoms with Crippen LogP contribution in [0.1, 0.15) is 28.7 Å². The fraction of sp³-hybridized carbons (Fsp3) is 0.182. The van der Waals surface area contributed by atoms with Gasteiger partial charge in [0.1, 0.15) is 12.0 Å². The zero-order valence-electron chi connectivity index (χ0n) is 21.9. The fourth-order valence-electron chi connectivity index (χ4n) is 5.38. The third kappa shape index (κ3) is 5.65. The molecule has 3 N–H and O–H groups in total. The van der Waals surface area contributed by atoms with E-state index in [0.717, 1.165) is 44.8 Å². The summed E-state index contributed by atoms with van der Waals surface area (Å²) in [4.78, 5) is 13.6. The molecular formula is C33H30F3N3O. The smallest absolute Gasteiger partial charge is 0.356 e. The van der Waals surface area contributed by atoms with Gasteiger partial charge < -0.3 is 16.0 Å². The van der Waals surface area contributed by atoms with Crippen LogP contribution < -0.4 is 16.0 Å². The number of benzene rings is 4. The standard InChI is InChI=1S/C33H30F3N3O/c1-23(25-9-3-2-4-10-25)39-26-17-15-24(16-18-26)21-37-20-19-32(31(40)38-22-33(34,35)36)29-13-7-5-11-27(29)28-12-6-8-14-30(28)32/h2-18,37,39H,1,19-22H2,(H,38,40). The van der Waals surface area contributed by atoms with E-state index in [-0.39, 0.29) is 0 Å². The summed E-state index contributed by atoms with van der Waals surface area (Å²) in [6.45, 7) is 3.70. The molecule has 1 aliphatic carbocycles. The minimum atomic E-state index is -4.50. The first-order valence-electron chi connectivity index (χ1n) is 13.1. The second-order valence-electron chi connectivity index (χ2n) is 9.89. The SMILES string of the molecule is C=C(Nc1ccc(CNCCC2(C(=O)NCC(F)(F)F)c3ccccc3-c3ccccc32)cc1)c1ccccc1. The predicted molar refractivity (Wildman–Crippen MR) is 154 cm³/mol. The molecule has 7 heteroatoms. The lowest BCUT2D eigenvalue weighted by atomic mass is 9.74. The normalized spacial score (nSPS) is 13.3. The Hall–Kier alpha value is -4.36. The molecule has 0 fully saturated rings. The Morgan fingerprint density at radius 3 is 1.95 bits per heavy atom. The lowest BCUT2D eigenvalue weighted by Gasteiger charge is -2.31. The van der Waals surface area contributed by atoms with Gasteiger partial charge in [-0.3, -0.25) is 4.79 Å². The third-order valence-corrected chi connectivity index (χ3v) is 7.28. The Kier molecular flexibility index (Phi) is 7.76. The molecule has 1 amide bonds. The predicted octanol–water partition coefficient (Wildman–Crippen LogP) is 6.89. The molecule has 4 aromatic carbocycles. The van der Waals surface area contributed by atoms with Crippen molar-refractivity contribution in [2.45, 2.75) is 24.6 Å². The van der Waals surface area contributed by atoms with E-state index in [4.69, 9.17) is 0 Å². The Bertz CT molecular complexity index is 1450. The first-order chi connectivity index (χ1) is 19.3. The van der Waals surface area contributed by atoms with Crippen LogP contribution in [0.3, 0.4) is 0 Å². The number of amides is 1. The van der Waals surface area contributed by atoms with Gasteiger partial charge in [0, 0.05) is 17.9 Å². The molecular weight excluding hydrogens is 511 g/mol. The molecule has 0 spiro atoms. The number of carbonyl (C=O) groups excluding carboxylic acids is 1. The van der Waals surface area contributed by atoms with Crippen LogP contribution in [0.2, 0.25) is 0 Å². The molecule has 0 aliphatic heterocycles. The van der Waals surface area contributed by atoms with E-state index in [1.165, 1.54) is 0 Å². The van der Waals surface area contributed by atoms with Crippen LogP contribution in [-0.2, 0) is 16.8 Å². The number of nitrogens with one attached hydrogen (secondary N) is 3. The average molecular weight is 542 g/mol. The quantitative estimate of drug-likeness (QED) is 0.192. The van der Waals surface area contributed by atoms with Crippen molar-refractivity contribution in [1.82, 2.24) is 10.6 Å². The van der Waals surface area contributed by atoms with Crippen molar-refractivity contribution in [2.24, 2.45) is 0 Å². The maximum absolute atomic E-state index is 13.6. The summed E-state index contributed by atoms with van der Waals surface area (Å²) >= 11 is 0. The van der Waals surface area contributed by atoms with Crippen molar-refractivity contribution >= 4 is 17.3 Å². The van der Waals surface area contributed by atoms with E-state index in [1.807, 2.05) is 103 Å². The third-order valence-electron chi connectivity index (χ3n) is 7.28. The highest BCUT2D eigenvalue weighted by Gasteiger charge is 2.49. The number of halogens is 3. The summed E-state index contributed by atoms with van der Waals surface area (Å²) in [6, 6.07) is 32.7. The van der Waals surface area contributed by atoms with Crippen LogP contribution >= 0.6 is 0 Å². The van der Waals surface area contributed by atoms with Crippen molar-refractivity contribution in [3.63, 3.8) is 0 Å². The second kappa shape index (κ2) is 11.4. The van der Waals surface area contributed by atoms with Crippen LogP contribution in [0.25, 0.3) is 16.8 Å². The van der Waals surface area contributed by atoms with E-state index in [1.54, 1.807) is 0 Å². The lowest BCUT2D eigenvalue weighted by Crippen LogP contribution is -2.48. The molecule has 0 aromatic heterocycles. The van der Waals surface area contributed by atoms with Crippen LogP contribution in [0.5, 0.6) is 0 Å². The van der Waals surface area contributed by atoms with E-state index in [2.05, 4.69) is 22.5 Å². The number of anilines is 1. The Balaban J connectivity index is 1.29. The number of alkyl halides is 3. The Morgan fingerprint density at radius 1 is 0.775 bits per heavy atom. The van der Waals surface area contributed by atoms with Gasteiger partial charge in [-0.05, 0) is 58.5 Å². The molecule has 0 atom stereocenters. The largest absolute Gasteiger partial charge is 0.405 e. The van der Waals surface area contributed by atoms with Gasteiger partial charge in [0.05, 0.1) is 0 Å². The molecule has 40 heavy (non-hydrogen) atoms. The molecule has 0 radical (unpaired) electrons. The molecule has 1 aliphatic rings. The number of hydrogen-bond donors (Lipinski definition) is 3. The maximum Gasteiger partial charge on any atom is 0.405 e. The molecule has 0 saturated carbocycles. The summed E-state index contributed by atoms with van der Waals surface area (Å²) in [6.07, 6.45) is -4.19. The highest BCUT2D eigenvalue weighted by molar-refractivity contribution is 6.00. The lowest BCUT2D eigenvalue weighted by molar-refractivity contribution is -0.141. The number of rotatable bonds is 10. The molecule has 0 heterocycles. The van der Waals surface area contributed by atoms with E-state index < -0.39 is 24.0 Å². The first-order valence-corrected chi connectivity index (χ1v) is 13.1. The summed E-state index contributed by atoms with van der Waals surface area (Å²) in [5.74, 6) is -0.641. The monoisotopic (exact) mass is 541 g/mol. The zero-order valence-corrected chi connectivity index (χ0v) is 21.9. The molecule has 5 rings (SSSR count). The zero-order chi connectivity index (χ0) is 28.2. The van der Waals surface area contributed by atoms with Crippen molar-refractivity contribution in [3.05, 3.63) is 132 Å². The van der Waals surface area contributed by atoms with Crippen LogP contribution in [0.4, 0.5) is 18.9 Å². The van der Waals surface area contributed by atoms with Crippen molar-refractivity contribution in [1.29, 1.82) is 0 Å². The first kappa shape index (κ1) is 27.2. The van der Waals surface area contributed by atoms with Crippen LogP contribution in [-0.4, -0.2) is 25.2 Å². The highest BCUT2D eigenvalue weighted by atomic mass is 19.4. The van der Waals surface area contributed by atoms with Crippen molar-refractivity contribution < 1.29 is 18.0 Å². The minimum absolute atomic E-state index is 0.307. The minimum Gasteiger partial charge on any atom is -0.356 e. The van der Waals surface area contributed by atoms with Crippen LogP contribution in [0, 0.1) is 0 Å². The van der Waals surface area contributed by atoms with E-state index >= 15 is 0 Å². The number of fused-ring (bicyclic) bond motifs is 3. The summed E-state index contributed by atoms with van der Waals surface area (Å²) in [7, 11) is 0. The number of hydrogen-bond acceptors (Lipinski definition) is 3. The molecule has 0 unspecified atom stereocenters.